The summed E-state index contributed by atoms with van der Waals surface area (Å²) in [7, 11) is 0. The first-order valence-electron chi connectivity index (χ1n) is 14.1. The molecule has 0 spiro atoms. The molecule has 6 rings (SSSR count). The molecular weight excluding hydrogens is 502 g/mol. The zero-order valence-electron chi connectivity index (χ0n) is 23.1. The van der Waals surface area contributed by atoms with E-state index in [0.29, 0.717) is 35.0 Å². The molecule has 1 atom stereocenters. The van der Waals surface area contributed by atoms with Crippen molar-refractivity contribution in [2.24, 2.45) is 5.92 Å². The molecule has 2 aliphatic rings. The molecule has 0 bridgehead atoms. The van der Waals surface area contributed by atoms with E-state index in [0.717, 1.165) is 71.8 Å². The topological polar surface area (TPSA) is 102 Å². The molecule has 2 aliphatic carbocycles. The molecule has 0 unspecified atom stereocenters. The second-order valence-electron chi connectivity index (χ2n) is 10.9. The standard InChI is InChI=1S/C32H33N5O3/c1-4-21-17-34-31(35-18-21)40-25-11-13-27-28(16-33)30(37(29(27)15-25)24-6-5-7-24)26-12-10-23(14-19(26)2)36-32(38)39-20(3)22-8-9-22/h10-15,17-18,20,22,24H,4-9H2,1-3H3,(H,36,38)/t20-/m1/s1. The molecule has 2 fully saturated rings. The zero-order chi connectivity index (χ0) is 27.8. The average Bonchev–Trinajstić information content (AvgIpc) is 3.72. The number of nitrogens with one attached hydrogen (secondary N) is 1. The van der Waals surface area contributed by atoms with Crippen LogP contribution in [-0.2, 0) is 11.2 Å². The van der Waals surface area contributed by atoms with Crippen molar-refractivity contribution in [2.45, 2.75) is 71.4 Å². The minimum Gasteiger partial charge on any atom is -0.446 e. The third kappa shape index (κ3) is 5.00. The highest BCUT2D eigenvalue weighted by atomic mass is 16.6. The summed E-state index contributed by atoms with van der Waals surface area (Å²) in [5.41, 5.74) is 6.14. The van der Waals surface area contributed by atoms with Crippen molar-refractivity contribution in [3.63, 3.8) is 0 Å². The zero-order valence-corrected chi connectivity index (χ0v) is 23.1. The number of ether oxygens (including phenoxy) is 2. The van der Waals surface area contributed by atoms with Crippen molar-refractivity contribution in [1.82, 2.24) is 14.5 Å². The average molecular weight is 536 g/mol. The predicted molar refractivity (Wildman–Crippen MR) is 153 cm³/mol. The number of nitrogens with zero attached hydrogens (tertiary/aromatic N) is 4. The molecule has 2 aromatic heterocycles. The normalized spacial score (nSPS) is 15.8. The lowest BCUT2D eigenvalue weighted by Gasteiger charge is -2.30. The predicted octanol–water partition coefficient (Wildman–Crippen LogP) is 7.71. The van der Waals surface area contributed by atoms with Crippen LogP contribution in [0.3, 0.4) is 0 Å². The molecule has 2 heterocycles. The second-order valence-corrected chi connectivity index (χ2v) is 10.9. The van der Waals surface area contributed by atoms with Gasteiger partial charge in [0, 0.05) is 41.1 Å². The minimum atomic E-state index is -0.436. The lowest BCUT2D eigenvalue weighted by atomic mass is 9.91. The number of aromatic nitrogens is 3. The Hall–Kier alpha value is -4.38. The van der Waals surface area contributed by atoms with E-state index in [1.54, 1.807) is 12.4 Å². The number of fused-ring (bicyclic) bond motifs is 1. The van der Waals surface area contributed by atoms with Crippen molar-refractivity contribution < 1.29 is 14.3 Å². The van der Waals surface area contributed by atoms with E-state index in [1.807, 2.05) is 50.2 Å². The molecule has 1 amide bonds. The lowest BCUT2D eigenvalue weighted by Crippen LogP contribution is -2.21. The molecule has 4 aromatic rings. The van der Waals surface area contributed by atoms with Crippen LogP contribution in [0, 0.1) is 24.2 Å². The van der Waals surface area contributed by atoms with Gasteiger partial charge in [0.05, 0.1) is 16.8 Å². The van der Waals surface area contributed by atoms with Gasteiger partial charge in [-0.15, -0.1) is 0 Å². The van der Waals surface area contributed by atoms with E-state index < -0.39 is 6.09 Å². The van der Waals surface area contributed by atoms with Crippen molar-refractivity contribution >= 4 is 22.7 Å². The van der Waals surface area contributed by atoms with Crippen LogP contribution in [0.1, 0.15) is 68.7 Å². The SMILES string of the molecule is CCc1cnc(Oc2ccc3c(C#N)c(-c4ccc(NC(=O)O[C@H](C)C5CC5)cc4C)n(C4CCC4)c3c2)nc1. The van der Waals surface area contributed by atoms with Crippen LogP contribution in [0.5, 0.6) is 11.8 Å². The third-order valence-electron chi connectivity index (χ3n) is 8.13. The largest absolute Gasteiger partial charge is 0.446 e. The van der Waals surface area contributed by atoms with E-state index in [-0.39, 0.29) is 6.10 Å². The Labute approximate surface area is 234 Å². The fourth-order valence-electron chi connectivity index (χ4n) is 5.42. The van der Waals surface area contributed by atoms with E-state index in [1.165, 1.54) is 0 Å². The van der Waals surface area contributed by atoms with Gasteiger partial charge in [0.25, 0.3) is 0 Å². The number of rotatable bonds is 8. The van der Waals surface area contributed by atoms with Gasteiger partial charge in [-0.25, -0.2) is 14.8 Å². The van der Waals surface area contributed by atoms with Crippen LogP contribution < -0.4 is 10.1 Å². The molecule has 40 heavy (non-hydrogen) atoms. The summed E-state index contributed by atoms with van der Waals surface area (Å²) >= 11 is 0. The van der Waals surface area contributed by atoms with Gasteiger partial charge in [-0.3, -0.25) is 5.32 Å². The van der Waals surface area contributed by atoms with Crippen molar-refractivity contribution in [3.8, 4) is 29.1 Å². The number of hydrogen-bond donors (Lipinski definition) is 1. The van der Waals surface area contributed by atoms with Crippen LogP contribution in [0.15, 0.2) is 48.8 Å². The van der Waals surface area contributed by atoms with Crippen molar-refractivity contribution in [2.75, 3.05) is 5.32 Å². The smallest absolute Gasteiger partial charge is 0.411 e. The van der Waals surface area contributed by atoms with Crippen LogP contribution in [0.25, 0.3) is 22.2 Å². The fraction of sp³-hybridized carbons (Fsp3) is 0.375. The number of hydrogen-bond acceptors (Lipinski definition) is 6. The Morgan fingerprint density at radius 1 is 1.15 bits per heavy atom. The van der Waals surface area contributed by atoms with Gasteiger partial charge in [0.15, 0.2) is 0 Å². The van der Waals surface area contributed by atoms with E-state index in [9.17, 15) is 10.1 Å². The first-order chi connectivity index (χ1) is 19.4. The van der Waals surface area contributed by atoms with Gasteiger partial charge < -0.3 is 14.0 Å². The maximum atomic E-state index is 12.4. The quantitative estimate of drug-likeness (QED) is 0.248. The highest BCUT2D eigenvalue weighted by molar-refractivity contribution is 5.96. The number of benzene rings is 2. The van der Waals surface area contributed by atoms with E-state index in [2.05, 4.69) is 32.8 Å². The molecule has 8 nitrogen and oxygen atoms in total. The second kappa shape index (κ2) is 10.6. The molecule has 0 radical (unpaired) electrons. The number of anilines is 1. The minimum absolute atomic E-state index is 0.0760. The van der Waals surface area contributed by atoms with E-state index >= 15 is 0 Å². The molecule has 0 aliphatic heterocycles. The van der Waals surface area contributed by atoms with Crippen LogP contribution in [-0.4, -0.2) is 26.7 Å². The number of amides is 1. The van der Waals surface area contributed by atoms with E-state index in [4.69, 9.17) is 9.47 Å². The highest BCUT2D eigenvalue weighted by Gasteiger charge is 2.31. The summed E-state index contributed by atoms with van der Waals surface area (Å²) in [5.74, 6) is 1.11. The van der Waals surface area contributed by atoms with Gasteiger partial charge in [0.1, 0.15) is 17.9 Å². The van der Waals surface area contributed by atoms with Gasteiger partial charge in [0.2, 0.25) is 0 Å². The van der Waals surface area contributed by atoms with Crippen molar-refractivity contribution in [3.05, 3.63) is 65.5 Å². The van der Waals surface area contributed by atoms with Gasteiger partial charge in [-0.05, 0) is 93.7 Å². The van der Waals surface area contributed by atoms with Crippen LogP contribution in [0.2, 0.25) is 0 Å². The van der Waals surface area contributed by atoms with Gasteiger partial charge >= 0.3 is 12.1 Å². The fourth-order valence-corrected chi connectivity index (χ4v) is 5.42. The van der Waals surface area contributed by atoms with Crippen LogP contribution in [0.4, 0.5) is 10.5 Å². The molecule has 1 N–H and O–H groups in total. The molecule has 2 aromatic carbocycles. The summed E-state index contributed by atoms with van der Waals surface area (Å²) in [4.78, 5) is 21.1. The number of aryl methyl sites for hydroxylation is 2. The Kier molecular flexibility index (Phi) is 6.89. The molecule has 2 saturated carbocycles. The number of carbonyl (C=O) groups excluding carboxylic acids is 1. The highest BCUT2D eigenvalue weighted by Crippen LogP contribution is 2.44. The maximum Gasteiger partial charge on any atom is 0.411 e. The Bertz CT molecular complexity index is 1610. The summed E-state index contributed by atoms with van der Waals surface area (Å²) in [6, 6.07) is 14.7. The first-order valence-corrected chi connectivity index (χ1v) is 14.1. The van der Waals surface area contributed by atoms with Crippen LogP contribution >= 0.6 is 0 Å². The lowest BCUT2D eigenvalue weighted by molar-refractivity contribution is 0.108. The molecule has 204 valence electrons. The molecule has 8 heteroatoms. The monoisotopic (exact) mass is 535 g/mol. The molecular formula is C32H33N5O3. The third-order valence-corrected chi connectivity index (χ3v) is 8.13. The summed E-state index contributed by atoms with van der Waals surface area (Å²) in [6.45, 7) is 6.01. The maximum absolute atomic E-state index is 12.4. The summed E-state index contributed by atoms with van der Waals surface area (Å²) < 4.78 is 13.8. The summed E-state index contributed by atoms with van der Waals surface area (Å²) in [5, 5.41) is 14.1. The Morgan fingerprint density at radius 2 is 1.93 bits per heavy atom. The summed E-state index contributed by atoms with van der Waals surface area (Å²) in [6.07, 6.45) is 9.40. The first kappa shape index (κ1) is 25.9. The molecule has 0 saturated heterocycles. The number of carbonyl (C=O) groups is 1. The van der Waals surface area contributed by atoms with Gasteiger partial charge in [-0.1, -0.05) is 13.0 Å². The Morgan fingerprint density at radius 3 is 2.55 bits per heavy atom. The van der Waals surface area contributed by atoms with Gasteiger partial charge in [-0.2, -0.15) is 5.26 Å². The number of nitriles is 1. The van der Waals surface area contributed by atoms with Crippen molar-refractivity contribution in [1.29, 1.82) is 5.26 Å². The Balaban J connectivity index is 1.35.